The molecule has 3 heterocycles. The Morgan fingerprint density at radius 1 is 1.06 bits per heavy atom. The van der Waals surface area contributed by atoms with E-state index in [0.29, 0.717) is 11.5 Å². The standard InChI is InChI=1S/C24H27N6O2/c1-16-7-8-18(30-25-10-11-26-30)20(13-16)29-12-6-9-24(29,2)23-27-17-14-21(31-4)22(32-5)15-19(17)28(23)3/h7,10-11,13-15H,6,9,12H2,1-5H3/t24-/m0/s1. The summed E-state index contributed by atoms with van der Waals surface area (Å²) in [5, 5.41) is 8.72. The van der Waals surface area contributed by atoms with Crippen molar-refractivity contribution < 1.29 is 9.47 Å². The minimum absolute atomic E-state index is 0.308. The average Bonchev–Trinajstić information content (AvgIpc) is 3.53. The van der Waals surface area contributed by atoms with Crippen LogP contribution in [-0.4, -0.2) is 45.3 Å². The van der Waals surface area contributed by atoms with Crippen molar-refractivity contribution in [2.24, 2.45) is 7.05 Å². The van der Waals surface area contributed by atoms with Crippen LogP contribution in [0.15, 0.2) is 36.7 Å². The zero-order chi connectivity index (χ0) is 22.5. The van der Waals surface area contributed by atoms with Gasteiger partial charge in [0.25, 0.3) is 0 Å². The number of ether oxygens (including phenoxy) is 2. The molecule has 0 bridgehead atoms. The number of rotatable bonds is 5. The summed E-state index contributed by atoms with van der Waals surface area (Å²) in [5.74, 6) is 2.38. The van der Waals surface area contributed by atoms with Crippen molar-refractivity contribution in [2.75, 3.05) is 25.7 Å². The lowest BCUT2D eigenvalue weighted by Crippen LogP contribution is -2.41. The maximum Gasteiger partial charge on any atom is 0.163 e. The Kier molecular flexibility index (Phi) is 4.80. The van der Waals surface area contributed by atoms with Crippen molar-refractivity contribution in [3.05, 3.63) is 54.1 Å². The van der Waals surface area contributed by atoms with Crippen molar-refractivity contribution in [1.29, 1.82) is 0 Å². The number of methoxy groups -OCH3 is 2. The first kappa shape index (κ1) is 20.4. The van der Waals surface area contributed by atoms with E-state index < -0.39 is 0 Å². The molecule has 0 saturated carbocycles. The fraction of sp³-hybridized carbons (Fsp3) is 0.375. The topological polar surface area (TPSA) is 70.2 Å². The summed E-state index contributed by atoms with van der Waals surface area (Å²) in [6.45, 7) is 5.26. The Balaban J connectivity index is 1.67. The molecule has 1 saturated heterocycles. The summed E-state index contributed by atoms with van der Waals surface area (Å²) in [6.07, 6.45) is 5.42. The lowest BCUT2D eigenvalue weighted by Gasteiger charge is -2.37. The zero-order valence-corrected chi connectivity index (χ0v) is 19.1. The van der Waals surface area contributed by atoms with Gasteiger partial charge in [-0.05, 0) is 44.4 Å². The molecule has 5 rings (SSSR count). The van der Waals surface area contributed by atoms with Crippen molar-refractivity contribution in [2.45, 2.75) is 32.2 Å². The van der Waals surface area contributed by atoms with Gasteiger partial charge in [-0.3, -0.25) is 0 Å². The predicted octanol–water partition coefficient (Wildman–Crippen LogP) is 3.80. The fourth-order valence-corrected chi connectivity index (χ4v) is 4.86. The summed E-state index contributed by atoms with van der Waals surface area (Å²) in [5.41, 5.74) is 4.63. The molecule has 1 aliphatic rings. The first-order valence-electron chi connectivity index (χ1n) is 10.7. The molecule has 32 heavy (non-hydrogen) atoms. The Labute approximate surface area is 187 Å². The Bertz CT molecular complexity index is 1280. The molecular formula is C24H27N6O2. The second-order valence-corrected chi connectivity index (χ2v) is 8.45. The number of hydrogen-bond acceptors (Lipinski definition) is 6. The van der Waals surface area contributed by atoms with E-state index in [-0.39, 0.29) is 5.54 Å². The van der Waals surface area contributed by atoms with Gasteiger partial charge in [-0.1, -0.05) is 0 Å². The number of fused-ring (bicyclic) bond motifs is 1. The molecule has 0 N–H and O–H groups in total. The number of benzene rings is 2. The van der Waals surface area contributed by atoms with Crippen molar-refractivity contribution in [3.8, 4) is 17.2 Å². The van der Waals surface area contributed by atoms with Crippen LogP contribution in [0.5, 0.6) is 11.5 Å². The smallest absolute Gasteiger partial charge is 0.163 e. The Morgan fingerprint density at radius 2 is 1.78 bits per heavy atom. The molecule has 0 amide bonds. The van der Waals surface area contributed by atoms with Gasteiger partial charge in [0.05, 0.1) is 48.9 Å². The van der Waals surface area contributed by atoms with E-state index in [1.165, 1.54) is 0 Å². The normalized spacial score (nSPS) is 18.5. The van der Waals surface area contributed by atoms with Crippen LogP contribution in [0.3, 0.4) is 0 Å². The van der Waals surface area contributed by atoms with Crippen LogP contribution >= 0.6 is 0 Å². The maximum atomic E-state index is 5.52. The quantitative estimate of drug-likeness (QED) is 0.479. The molecule has 8 heteroatoms. The molecule has 1 fully saturated rings. The lowest BCUT2D eigenvalue weighted by molar-refractivity contribution is 0.355. The largest absolute Gasteiger partial charge is 0.493 e. The minimum atomic E-state index is -0.308. The minimum Gasteiger partial charge on any atom is -0.493 e. The number of hydrogen-bond donors (Lipinski definition) is 0. The third kappa shape index (κ3) is 3.01. The molecule has 1 atom stereocenters. The Hall–Kier alpha value is -3.55. The highest BCUT2D eigenvalue weighted by atomic mass is 16.5. The zero-order valence-electron chi connectivity index (χ0n) is 19.1. The summed E-state index contributed by atoms with van der Waals surface area (Å²) in [4.78, 5) is 9.14. The van der Waals surface area contributed by atoms with E-state index >= 15 is 0 Å². The predicted molar refractivity (Wildman–Crippen MR) is 123 cm³/mol. The third-order valence-corrected chi connectivity index (χ3v) is 6.46. The van der Waals surface area contributed by atoms with E-state index in [2.05, 4.69) is 52.7 Å². The second kappa shape index (κ2) is 7.55. The SMILES string of the molecule is COc1cc2nc([C@]3(C)CCCN3c3cc(C)c[c]c3-n3nccn3)n(C)c2cc1OC. The molecule has 2 aromatic heterocycles. The van der Waals surface area contributed by atoms with E-state index in [1.54, 1.807) is 31.4 Å². The van der Waals surface area contributed by atoms with Crippen LogP contribution in [0.1, 0.15) is 31.2 Å². The number of aryl methyl sites for hydroxylation is 2. The van der Waals surface area contributed by atoms with Crippen LogP contribution in [-0.2, 0) is 12.6 Å². The van der Waals surface area contributed by atoms with Crippen LogP contribution in [0.25, 0.3) is 16.7 Å². The summed E-state index contributed by atoms with van der Waals surface area (Å²) in [6, 6.07) is 11.5. The molecule has 165 valence electrons. The van der Waals surface area contributed by atoms with Crippen molar-refractivity contribution in [3.63, 3.8) is 0 Å². The van der Waals surface area contributed by atoms with Crippen molar-refractivity contribution in [1.82, 2.24) is 24.5 Å². The molecular weight excluding hydrogens is 404 g/mol. The van der Waals surface area contributed by atoms with Crippen LogP contribution in [0.4, 0.5) is 5.69 Å². The highest BCUT2D eigenvalue weighted by molar-refractivity contribution is 5.81. The van der Waals surface area contributed by atoms with E-state index in [4.69, 9.17) is 14.5 Å². The van der Waals surface area contributed by atoms with Crippen LogP contribution in [0, 0.1) is 13.0 Å². The van der Waals surface area contributed by atoms with Crippen molar-refractivity contribution >= 4 is 16.7 Å². The molecule has 0 unspecified atom stereocenters. The maximum absolute atomic E-state index is 5.52. The first-order chi connectivity index (χ1) is 15.5. The molecule has 8 nitrogen and oxygen atoms in total. The number of anilines is 1. The van der Waals surface area contributed by atoms with Gasteiger partial charge in [0, 0.05) is 31.8 Å². The molecule has 0 aliphatic carbocycles. The summed E-state index contributed by atoms with van der Waals surface area (Å²) < 4.78 is 13.2. The Morgan fingerprint density at radius 3 is 2.50 bits per heavy atom. The van der Waals surface area contributed by atoms with Gasteiger partial charge in [-0.2, -0.15) is 10.2 Å². The summed E-state index contributed by atoms with van der Waals surface area (Å²) in [7, 11) is 5.36. The lowest BCUT2D eigenvalue weighted by atomic mass is 9.96. The molecule has 4 aromatic rings. The van der Waals surface area contributed by atoms with Gasteiger partial charge in [-0.15, -0.1) is 4.80 Å². The third-order valence-electron chi connectivity index (χ3n) is 6.46. The van der Waals surface area contributed by atoms with E-state index in [9.17, 15) is 0 Å². The first-order valence-corrected chi connectivity index (χ1v) is 10.7. The van der Waals surface area contributed by atoms with E-state index in [0.717, 1.165) is 53.2 Å². The molecule has 1 aliphatic heterocycles. The number of aromatic nitrogens is 5. The molecule has 2 aromatic carbocycles. The van der Waals surface area contributed by atoms with Crippen LogP contribution in [0.2, 0.25) is 0 Å². The van der Waals surface area contributed by atoms with Gasteiger partial charge < -0.3 is 18.9 Å². The molecule has 0 spiro atoms. The monoisotopic (exact) mass is 431 g/mol. The van der Waals surface area contributed by atoms with Gasteiger partial charge in [-0.25, -0.2) is 4.98 Å². The van der Waals surface area contributed by atoms with Gasteiger partial charge in [0.15, 0.2) is 11.5 Å². The van der Waals surface area contributed by atoms with Gasteiger partial charge in [0.2, 0.25) is 0 Å². The van der Waals surface area contributed by atoms with E-state index in [1.807, 2.05) is 18.2 Å². The average molecular weight is 432 g/mol. The number of imidazole rings is 1. The summed E-state index contributed by atoms with van der Waals surface area (Å²) >= 11 is 0. The molecule has 1 radical (unpaired) electrons. The van der Waals surface area contributed by atoms with Gasteiger partial charge in [0.1, 0.15) is 11.5 Å². The fourth-order valence-electron chi connectivity index (χ4n) is 4.86. The number of nitrogens with zero attached hydrogens (tertiary/aromatic N) is 6. The highest BCUT2D eigenvalue weighted by Crippen LogP contribution is 2.44. The highest BCUT2D eigenvalue weighted by Gasteiger charge is 2.43. The van der Waals surface area contributed by atoms with Gasteiger partial charge >= 0.3 is 0 Å². The second-order valence-electron chi connectivity index (χ2n) is 8.45. The van der Waals surface area contributed by atoms with Crippen LogP contribution < -0.4 is 14.4 Å².